The summed E-state index contributed by atoms with van der Waals surface area (Å²) in [5.74, 6) is 0. The number of para-hydroxylation sites is 1. The van der Waals surface area contributed by atoms with Gasteiger partial charge in [0.05, 0.1) is 16.3 Å². The van der Waals surface area contributed by atoms with Crippen molar-refractivity contribution >= 4 is 54.8 Å². The zero-order valence-electron chi connectivity index (χ0n) is 10.7. The molecule has 0 saturated carbocycles. The van der Waals surface area contributed by atoms with Crippen LogP contribution < -0.4 is 5.32 Å². The Kier molecular flexibility index (Phi) is 3.96. The molecule has 0 radical (unpaired) electrons. The molecule has 3 rings (SSSR count). The number of nitrogens with one attached hydrogen (secondary N) is 1. The molecule has 1 heterocycles. The average molecular weight is 368 g/mol. The normalized spacial score (nSPS) is 12.6. The molecule has 0 aliphatic rings. The highest BCUT2D eigenvalue weighted by Gasteiger charge is 2.12. The van der Waals surface area contributed by atoms with E-state index in [0.717, 1.165) is 25.7 Å². The predicted octanol–water partition coefficient (Wildman–Crippen LogP) is 5.89. The lowest BCUT2D eigenvalue weighted by molar-refractivity contribution is 0.873. The number of anilines is 1. The molecule has 0 amide bonds. The SMILES string of the molecule is CC(Nc1ccc(Cl)cc1Br)c1nc2ccccc2s1. The number of nitrogens with zero attached hydrogens (tertiary/aromatic N) is 1. The van der Waals surface area contributed by atoms with E-state index in [2.05, 4.69) is 39.2 Å². The largest absolute Gasteiger partial charge is 0.375 e. The van der Waals surface area contributed by atoms with E-state index in [1.807, 2.05) is 36.4 Å². The topological polar surface area (TPSA) is 24.9 Å². The molecular formula is C15H12BrClN2S. The van der Waals surface area contributed by atoms with E-state index < -0.39 is 0 Å². The molecule has 0 aliphatic heterocycles. The number of halogens is 2. The second-order valence-corrected chi connectivity index (χ2v) is 6.86. The molecule has 5 heteroatoms. The summed E-state index contributed by atoms with van der Waals surface area (Å²) < 4.78 is 2.17. The first-order chi connectivity index (χ1) is 9.63. The van der Waals surface area contributed by atoms with E-state index in [0.29, 0.717) is 0 Å². The predicted molar refractivity (Wildman–Crippen MR) is 90.8 cm³/mol. The highest BCUT2D eigenvalue weighted by atomic mass is 79.9. The van der Waals surface area contributed by atoms with Gasteiger partial charge in [0.1, 0.15) is 5.01 Å². The molecule has 0 spiro atoms. The van der Waals surface area contributed by atoms with Crippen molar-refractivity contribution in [3.63, 3.8) is 0 Å². The highest BCUT2D eigenvalue weighted by Crippen LogP contribution is 2.32. The molecule has 2 aromatic carbocycles. The summed E-state index contributed by atoms with van der Waals surface area (Å²) >= 11 is 11.2. The van der Waals surface area contributed by atoms with Crippen LogP contribution in [0.5, 0.6) is 0 Å². The highest BCUT2D eigenvalue weighted by molar-refractivity contribution is 9.10. The van der Waals surface area contributed by atoms with Gasteiger partial charge < -0.3 is 5.32 Å². The lowest BCUT2D eigenvalue weighted by Crippen LogP contribution is -2.06. The van der Waals surface area contributed by atoms with Crippen molar-refractivity contribution in [3.05, 3.63) is 57.0 Å². The van der Waals surface area contributed by atoms with Crippen LogP contribution in [0.15, 0.2) is 46.9 Å². The summed E-state index contributed by atoms with van der Waals surface area (Å²) in [6, 6.07) is 14.1. The third kappa shape index (κ3) is 2.82. The Morgan fingerprint density at radius 3 is 2.80 bits per heavy atom. The van der Waals surface area contributed by atoms with Crippen molar-refractivity contribution in [2.45, 2.75) is 13.0 Å². The molecular weight excluding hydrogens is 356 g/mol. The van der Waals surface area contributed by atoms with Gasteiger partial charge in [-0.1, -0.05) is 23.7 Å². The van der Waals surface area contributed by atoms with Gasteiger partial charge in [-0.2, -0.15) is 0 Å². The Bertz CT molecular complexity index is 723. The summed E-state index contributed by atoms with van der Waals surface area (Å²) in [5, 5.41) is 5.25. The van der Waals surface area contributed by atoms with Crippen LogP contribution in [-0.4, -0.2) is 4.98 Å². The van der Waals surface area contributed by atoms with Crippen molar-refractivity contribution in [3.8, 4) is 0 Å². The fraction of sp³-hybridized carbons (Fsp3) is 0.133. The lowest BCUT2D eigenvalue weighted by atomic mass is 10.2. The van der Waals surface area contributed by atoms with Crippen LogP contribution in [0.2, 0.25) is 5.02 Å². The van der Waals surface area contributed by atoms with Gasteiger partial charge in [0.2, 0.25) is 0 Å². The van der Waals surface area contributed by atoms with Crippen LogP contribution in [0.25, 0.3) is 10.2 Å². The van der Waals surface area contributed by atoms with Crippen molar-refractivity contribution in [2.24, 2.45) is 0 Å². The summed E-state index contributed by atoms with van der Waals surface area (Å²) in [4.78, 5) is 4.67. The zero-order chi connectivity index (χ0) is 14.1. The third-order valence-electron chi connectivity index (χ3n) is 2.98. The first-order valence-corrected chi connectivity index (χ1v) is 8.19. The maximum atomic E-state index is 5.96. The van der Waals surface area contributed by atoms with E-state index >= 15 is 0 Å². The van der Waals surface area contributed by atoms with Crippen LogP contribution in [0.1, 0.15) is 18.0 Å². The molecule has 1 N–H and O–H groups in total. The molecule has 3 aromatic rings. The van der Waals surface area contributed by atoms with Gasteiger partial charge in [-0.15, -0.1) is 11.3 Å². The minimum absolute atomic E-state index is 0.143. The summed E-state index contributed by atoms with van der Waals surface area (Å²) in [5.41, 5.74) is 2.07. The first kappa shape index (κ1) is 13.9. The molecule has 20 heavy (non-hydrogen) atoms. The number of aromatic nitrogens is 1. The Morgan fingerprint density at radius 1 is 1.25 bits per heavy atom. The lowest BCUT2D eigenvalue weighted by Gasteiger charge is -2.14. The number of hydrogen-bond acceptors (Lipinski definition) is 3. The molecule has 102 valence electrons. The second-order valence-electron chi connectivity index (χ2n) is 4.51. The van der Waals surface area contributed by atoms with E-state index in [9.17, 15) is 0 Å². The standard InChI is InChI=1S/C15H12BrClN2S/c1-9(18-12-7-6-10(17)8-11(12)16)15-19-13-4-2-3-5-14(13)20-15/h2-9,18H,1H3. The molecule has 1 aromatic heterocycles. The molecule has 0 bridgehead atoms. The zero-order valence-corrected chi connectivity index (χ0v) is 13.9. The average Bonchev–Trinajstić information content (AvgIpc) is 2.86. The molecule has 2 nitrogen and oxygen atoms in total. The molecule has 1 atom stereocenters. The fourth-order valence-electron chi connectivity index (χ4n) is 1.98. The van der Waals surface area contributed by atoms with Crippen LogP contribution in [-0.2, 0) is 0 Å². The summed E-state index contributed by atoms with van der Waals surface area (Å²) in [6.45, 7) is 2.11. The van der Waals surface area contributed by atoms with E-state index in [1.54, 1.807) is 11.3 Å². The number of fused-ring (bicyclic) bond motifs is 1. The minimum Gasteiger partial charge on any atom is -0.375 e. The van der Waals surface area contributed by atoms with Crippen LogP contribution in [0.3, 0.4) is 0 Å². The van der Waals surface area contributed by atoms with E-state index in [4.69, 9.17) is 11.6 Å². The Labute approximate surface area is 134 Å². The number of thiazole rings is 1. The Morgan fingerprint density at radius 2 is 2.05 bits per heavy atom. The van der Waals surface area contributed by atoms with Gasteiger partial charge in [0.15, 0.2) is 0 Å². The smallest absolute Gasteiger partial charge is 0.116 e. The van der Waals surface area contributed by atoms with E-state index in [1.165, 1.54) is 4.70 Å². The van der Waals surface area contributed by atoms with Gasteiger partial charge in [0, 0.05) is 15.2 Å². The summed E-state index contributed by atoms with van der Waals surface area (Å²) in [7, 11) is 0. The van der Waals surface area contributed by atoms with Gasteiger partial charge in [-0.05, 0) is 53.2 Å². The van der Waals surface area contributed by atoms with Crippen molar-refractivity contribution < 1.29 is 0 Å². The number of benzene rings is 2. The van der Waals surface area contributed by atoms with Crippen molar-refractivity contribution in [1.29, 1.82) is 0 Å². The second kappa shape index (κ2) is 5.72. The monoisotopic (exact) mass is 366 g/mol. The molecule has 0 aliphatic carbocycles. The van der Waals surface area contributed by atoms with Gasteiger partial charge in [-0.25, -0.2) is 4.98 Å². The Balaban J connectivity index is 1.86. The quantitative estimate of drug-likeness (QED) is 0.624. The van der Waals surface area contributed by atoms with Crippen molar-refractivity contribution in [1.82, 2.24) is 4.98 Å². The van der Waals surface area contributed by atoms with Crippen molar-refractivity contribution in [2.75, 3.05) is 5.32 Å². The number of hydrogen-bond donors (Lipinski definition) is 1. The van der Waals surface area contributed by atoms with Crippen LogP contribution in [0, 0.1) is 0 Å². The molecule has 0 fully saturated rings. The fourth-order valence-corrected chi connectivity index (χ4v) is 3.74. The maximum absolute atomic E-state index is 5.96. The third-order valence-corrected chi connectivity index (χ3v) is 5.09. The van der Waals surface area contributed by atoms with Crippen LogP contribution >= 0.6 is 38.9 Å². The van der Waals surface area contributed by atoms with Crippen LogP contribution in [0.4, 0.5) is 5.69 Å². The van der Waals surface area contributed by atoms with Gasteiger partial charge in [0.25, 0.3) is 0 Å². The van der Waals surface area contributed by atoms with Gasteiger partial charge >= 0.3 is 0 Å². The Hall–Kier alpha value is -1.10. The maximum Gasteiger partial charge on any atom is 0.116 e. The first-order valence-electron chi connectivity index (χ1n) is 6.20. The van der Waals surface area contributed by atoms with Gasteiger partial charge in [-0.3, -0.25) is 0 Å². The molecule has 0 saturated heterocycles. The van der Waals surface area contributed by atoms with E-state index in [-0.39, 0.29) is 6.04 Å². The number of rotatable bonds is 3. The molecule has 1 unspecified atom stereocenters. The summed E-state index contributed by atoms with van der Waals surface area (Å²) in [6.07, 6.45) is 0. The minimum atomic E-state index is 0.143.